The van der Waals surface area contributed by atoms with E-state index in [-0.39, 0.29) is 45.7 Å². The number of benzene rings is 2. The first-order valence-electron chi connectivity index (χ1n) is 16.8. The van der Waals surface area contributed by atoms with Crippen LogP contribution in [0.4, 0.5) is 0 Å². The molecule has 1 heterocycles. The molecule has 0 spiro atoms. The Morgan fingerprint density at radius 2 is 1.67 bits per heavy atom. The van der Waals surface area contributed by atoms with Crippen LogP contribution < -0.4 is 42.2 Å². The van der Waals surface area contributed by atoms with E-state index in [4.69, 9.17) is 26.2 Å². The second kappa shape index (κ2) is 20.1. The van der Waals surface area contributed by atoms with Gasteiger partial charge in [-0.05, 0) is 55.2 Å². The molecule has 5 atom stereocenters. The number of nitriles is 1. The molecule has 0 aromatic heterocycles. The Morgan fingerprint density at radius 3 is 2.27 bits per heavy atom. The number of likely N-dealkylation sites (N-methyl/N-ethyl adjacent to an activating group) is 1. The summed E-state index contributed by atoms with van der Waals surface area (Å²) >= 11 is 0. The Kier molecular flexibility index (Phi) is 16.0. The molecule has 0 saturated carbocycles. The lowest BCUT2D eigenvalue weighted by molar-refractivity contribution is -0.142. The summed E-state index contributed by atoms with van der Waals surface area (Å²) in [5.74, 6) is -1.99. The molecule has 16 nitrogen and oxygen atoms in total. The second-order valence-electron chi connectivity index (χ2n) is 12.3. The number of carbonyl (C=O) groups is 5. The number of hydrogen-bond acceptors (Lipinski definition) is 11. The molecule has 1 aliphatic rings. The Hall–Kier alpha value is -5.05. The van der Waals surface area contributed by atoms with E-state index in [0.717, 1.165) is 0 Å². The molecule has 0 fully saturated rings. The summed E-state index contributed by atoms with van der Waals surface area (Å²) in [5.41, 5.74) is 13.5. The van der Waals surface area contributed by atoms with E-state index in [0.29, 0.717) is 45.9 Å². The predicted octanol–water partition coefficient (Wildman–Crippen LogP) is -0.623. The zero-order valence-corrected chi connectivity index (χ0v) is 30.7. The maximum absolute atomic E-state index is 14.2. The molecule has 2 aromatic carbocycles. The standard InChI is InChI=1S/C35H48N8O8S/c1-21-32(45)42-28(33(46)39-14-11-36)19-23-7-9-29(50-15-12-37)25(18-23)26-20-24(8-10-30(26)51-16-13-38)31(34(47)40-21)43(3)35(48)27(41-22(2)44)6-5-17-52(4)49/h7-10,18,20-21,27-28,31H,5-6,12-17,19,37-38H2,1-4H3,(H,39,46)(H,40,47)(H,41,44)(H,42,45)/t21-,27-,28-,31-,52?/m0/s1. The second-order valence-corrected chi connectivity index (χ2v) is 13.8. The van der Waals surface area contributed by atoms with Gasteiger partial charge in [-0.15, -0.1) is 0 Å². The third-order valence-corrected chi connectivity index (χ3v) is 9.02. The minimum absolute atomic E-state index is 0.0164. The maximum Gasteiger partial charge on any atom is 0.248 e. The number of rotatable bonds is 15. The monoisotopic (exact) mass is 740 g/mol. The fraction of sp³-hybridized carbons (Fsp3) is 0.486. The average molecular weight is 741 g/mol. The van der Waals surface area contributed by atoms with Gasteiger partial charge in [0.25, 0.3) is 0 Å². The van der Waals surface area contributed by atoms with Crippen molar-refractivity contribution in [2.45, 2.75) is 57.3 Å². The van der Waals surface area contributed by atoms with Gasteiger partial charge in [-0.2, -0.15) is 5.26 Å². The molecule has 0 aliphatic carbocycles. The van der Waals surface area contributed by atoms with Gasteiger partial charge >= 0.3 is 0 Å². The van der Waals surface area contributed by atoms with Crippen molar-refractivity contribution < 1.29 is 37.7 Å². The van der Waals surface area contributed by atoms with Crippen LogP contribution in [0.1, 0.15) is 43.9 Å². The largest absolute Gasteiger partial charge is 0.492 e. The topological polar surface area (TPSA) is 248 Å². The van der Waals surface area contributed by atoms with Gasteiger partial charge in [-0.3, -0.25) is 28.2 Å². The molecule has 0 radical (unpaired) electrons. The minimum Gasteiger partial charge on any atom is -0.492 e. The highest BCUT2D eigenvalue weighted by atomic mass is 32.2. The van der Waals surface area contributed by atoms with Gasteiger partial charge in [0.1, 0.15) is 55.4 Å². The normalized spacial score (nSPS) is 18.3. The third kappa shape index (κ3) is 11.5. The van der Waals surface area contributed by atoms with Crippen LogP contribution in [-0.2, 0) is 41.2 Å². The van der Waals surface area contributed by atoms with E-state index >= 15 is 0 Å². The number of ether oxygens (including phenoxy) is 2. The van der Waals surface area contributed by atoms with Crippen LogP contribution in [0.5, 0.6) is 11.5 Å². The van der Waals surface area contributed by atoms with E-state index in [1.54, 1.807) is 42.7 Å². The van der Waals surface area contributed by atoms with Gasteiger partial charge in [-0.25, -0.2) is 0 Å². The molecule has 0 saturated heterocycles. The average Bonchev–Trinajstić information content (AvgIpc) is 3.10. The minimum atomic E-state index is -1.34. The summed E-state index contributed by atoms with van der Waals surface area (Å²) in [6, 6.07) is 7.29. The Labute approximate surface area is 305 Å². The molecule has 282 valence electrons. The molecular weight excluding hydrogens is 692 g/mol. The van der Waals surface area contributed by atoms with Crippen molar-refractivity contribution >= 4 is 40.3 Å². The molecule has 1 aliphatic heterocycles. The van der Waals surface area contributed by atoms with Crippen molar-refractivity contribution in [3.05, 3.63) is 47.5 Å². The molecule has 8 N–H and O–H groups in total. The van der Waals surface area contributed by atoms with Gasteiger partial charge in [-0.1, -0.05) is 12.1 Å². The summed E-state index contributed by atoms with van der Waals surface area (Å²) in [6.45, 7) is 3.14. The first kappa shape index (κ1) is 41.4. The van der Waals surface area contributed by atoms with E-state index in [9.17, 15) is 28.2 Å². The molecule has 2 aromatic rings. The van der Waals surface area contributed by atoms with Crippen molar-refractivity contribution in [2.24, 2.45) is 11.5 Å². The zero-order valence-electron chi connectivity index (χ0n) is 29.9. The van der Waals surface area contributed by atoms with E-state index < -0.39 is 64.5 Å². The lowest BCUT2D eigenvalue weighted by Crippen LogP contribution is -2.55. The zero-order chi connectivity index (χ0) is 38.4. The van der Waals surface area contributed by atoms with Crippen LogP contribution >= 0.6 is 0 Å². The molecule has 17 heteroatoms. The number of hydrogen-bond donors (Lipinski definition) is 6. The number of nitrogens with one attached hydrogen (secondary N) is 4. The van der Waals surface area contributed by atoms with Crippen molar-refractivity contribution in [1.82, 2.24) is 26.2 Å². The molecular formula is C35H48N8O8S. The first-order valence-corrected chi connectivity index (χ1v) is 18.6. The van der Waals surface area contributed by atoms with Gasteiger partial charge in [0.15, 0.2) is 0 Å². The van der Waals surface area contributed by atoms with E-state index in [2.05, 4.69) is 21.3 Å². The van der Waals surface area contributed by atoms with Crippen molar-refractivity contribution in [2.75, 3.05) is 51.9 Å². The SMILES string of the molecule is CC(=O)N[C@@H](CCCS(C)=O)C(=O)N(C)[C@@H]1C(=O)N[C@@H](C)C(=O)N[C@H](C(=O)NCC#N)Cc2ccc(OCCN)c(c2)-c2cc1ccc2OCCN. The summed E-state index contributed by atoms with van der Waals surface area (Å²) in [5, 5.41) is 19.5. The Morgan fingerprint density at radius 1 is 1.04 bits per heavy atom. The number of nitrogens with zero attached hydrogens (tertiary/aromatic N) is 2. The summed E-state index contributed by atoms with van der Waals surface area (Å²) in [7, 11) is 0.287. The highest BCUT2D eigenvalue weighted by molar-refractivity contribution is 7.84. The lowest BCUT2D eigenvalue weighted by Gasteiger charge is -2.32. The Balaban J connectivity index is 2.28. The van der Waals surface area contributed by atoms with Crippen LogP contribution in [0, 0.1) is 11.3 Å². The van der Waals surface area contributed by atoms with Gasteiger partial charge in [0, 0.05) is 67.4 Å². The molecule has 5 amide bonds. The summed E-state index contributed by atoms with van der Waals surface area (Å²) in [6.07, 6.45) is 2.09. The Bertz CT molecular complexity index is 1680. The highest BCUT2D eigenvalue weighted by Gasteiger charge is 2.35. The summed E-state index contributed by atoms with van der Waals surface area (Å²) < 4.78 is 23.8. The van der Waals surface area contributed by atoms with Crippen molar-refractivity contribution in [3.8, 4) is 28.7 Å². The molecule has 52 heavy (non-hydrogen) atoms. The van der Waals surface area contributed by atoms with E-state index in [1.165, 1.54) is 25.8 Å². The van der Waals surface area contributed by atoms with Crippen molar-refractivity contribution in [3.63, 3.8) is 0 Å². The number of carbonyl (C=O) groups excluding carboxylic acids is 5. The number of fused-ring (bicyclic) bond motifs is 5. The molecule has 1 unspecified atom stereocenters. The number of nitrogens with two attached hydrogens (primary N) is 2. The van der Waals surface area contributed by atoms with Gasteiger partial charge in [0.2, 0.25) is 29.5 Å². The smallest absolute Gasteiger partial charge is 0.248 e. The van der Waals surface area contributed by atoms with Crippen LogP contribution in [0.25, 0.3) is 11.1 Å². The van der Waals surface area contributed by atoms with Crippen LogP contribution in [0.3, 0.4) is 0 Å². The lowest BCUT2D eigenvalue weighted by atomic mass is 9.93. The van der Waals surface area contributed by atoms with Crippen LogP contribution in [0.2, 0.25) is 0 Å². The predicted molar refractivity (Wildman–Crippen MR) is 194 cm³/mol. The molecule has 4 bridgehead atoms. The fourth-order valence-corrected chi connectivity index (χ4v) is 6.27. The quantitative estimate of drug-likeness (QED) is 0.126. The fourth-order valence-electron chi connectivity index (χ4n) is 5.70. The van der Waals surface area contributed by atoms with Crippen molar-refractivity contribution in [1.29, 1.82) is 5.26 Å². The van der Waals surface area contributed by atoms with Gasteiger partial charge in [0.05, 0.1) is 6.07 Å². The van der Waals surface area contributed by atoms with Crippen LogP contribution in [-0.4, -0.2) is 109 Å². The number of amides is 5. The third-order valence-electron chi connectivity index (χ3n) is 8.15. The van der Waals surface area contributed by atoms with Crippen LogP contribution in [0.15, 0.2) is 36.4 Å². The summed E-state index contributed by atoms with van der Waals surface area (Å²) in [4.78, 5) is 68.3. The van der Waals surface area contributed by atoms with Gasteiger partial charge < -0.3 is 47.1 Å². The maximum atomic E-state index is 14.2. The first-order chi connectivity index (χ1) is 24.8. The highest BCUT2D eigenvalue weighted by Crippen LogP contribution is 2.40. The van der Waals surface area contributed by atoms with E-state index in [1.807, 2.05) is 6.07 Å². The molecule has 3 rings (SSSR count).